The summed E-state index contributed by atoms with van der Waals surface area (Å²) in [6.07, 6.45) is 9.29. The van der Waals surface area contributed by atoms with Gasteiger partial charge in [-0.25, -0.2) is 0 Å². The Bertz CT molecular complexity index is 403. The van der Waals surface area contributed by atoms with Gasteiger partial charge in [0, 0.05) is 30.4 Å². The van der Waals surface area contributed by atoms with Crippen molar-refractivity contribution in [2.75, 3.05) is 13.1 Å². The van der Waals surface area contributed by atoms with Crippen molar-refractivity contribution < 1.29 is 0 Å². The van der Waals surface area contributed by atoms with Crippen molar-refractivity contribution in [3.05, 3.63) is 34.5 Å². The maximum absolute atomic E-state index is 3.90. The Morgan fingerprint density at radius 1 is 1.33 bits per heavy atom. The van der Waals surface area contributed by atoms with Gasteiger partial charge in [0.1, 0.15) is 0 Å². The summed E-state index contributed by atoms with van der Waals surface area (Å²) in [5.74, 6) is 1.72. The molecule has 2 heteroatoms. The molecule has 1 aliphatic carbocycles. The van der Waals surface area contributed by atoms with E-state index in [1.807, 2.05) is 11.3 Å². The Morgan fingerprint density at radius 3 is 2.94 bits per heavy atom. The van der Waals surface area contributed by atoms with Crippen LogP contribution < -0.4 is 0 Å². The summed E-state index contributed by atoms with van der Waals surface area (Å²) in [6.45, 7) is 7.33. The fraction of sp³-hybridized carbons (Fsp3) is 0.625. The summed E-state index contributed by atoms with van der Waals surface area (Å²) in [4.78, 5) is 4.18. The van der Waals surface area contributed by atoms with Crippen molar-refractivity contribution in [2.24, 2.45) is 5.92 Å². The Hall–Kier alpha value is -0.600. The van der Waals surface area contributed by atoms with Crippen LogP contribution in [-0.4, -0.2) is 18.0 Å². The monoisotopic (exact) mass is 261 g/mol. The Labute approximate surface area is 115 Å². The van der Waals surface area contributed by atoms with Crippen LogP contribution in [0, 0.1) is 5.92 Å². The normalized spacial score (nSPS) is 25.9. The molecule has 0 aromatic carbocycles. The minimum Gasteiger partial charge on any atom is -0.294 e. The molecule has 1 aromatic heterocycles. The van der Waals surface area contributed by atoms with Gasteiger partial charge in [-0.05, 0) is 35.8 Å². The molecule has 0 amide bonds. The van der Waals surface area contributed by atoms with Crippen molar-refractivity contribution in [1.29, 1.82) is 0 Å². The maximum atomic E-state index is 3.90. The summed E-state index contributed by atoms with van der Waals surface area (Å²) >= 11 is 1.95. The minimum absolute atomic E-state index is 0.792. The van der Waals surface area contributed by atoms with Crippen LogP contribution in [-0.2, 0) is 6.54 Å². The van der Waals surface area contributed by atoms with Crippen molar-refractivity contribution in [2.45, 2.75) is 44.6 Å². The van der Waals surface area contributed by atoms with E-state index >= 15 is 0 Å². The molecule has 0 radical (unpaired) electrons. The van der Waals surface area contributed by atoms with E-state index in [0.29, 0.717) is 0 Å². The molecule has 0 bridgehead atoms. The van der Waals surface area contributed by atoms with Gasteiger partial charge >= 0.3 is 0 Å². The number of nitrogens with zero attached hydrogens (tertiary/aromatic N) is 1. The highest BCUT2D eigenvalue weighted by Gasteiger charge is 2.32. The largest absolute Gasteiger partial charge is 0.294 e. The van der Waals surface area contributed by atoms with E-state index in [-0.39, 0.29) is 0 Å². The van der Waals surface area contributed by atoms with Crippen molar-refractivity contribution >= 4 is 11.3 Å². The molecule has 1 aromatic rings. The van der Waals surface area contributed by atoms with Crippen LogP contribution in [0.3, 0.4) is 0 Å². The quantitative estimate of drug-likeness (QED) is 0.728. The third-order valence-corrected chi connectivity index (χ3v) is 5.53. The van der Waals surface area contributed by atoms with Crippen LogP contribution in [0.15, 0.2) is 24.1 Å². The van der Waals surface area contributed by atoms with E-state index in [1.54, 1.807) is 10.4 Å². The lowest BCUT2D eigenvalue weighted by Gasteiger charge is -2.38. The molecule has 3 rings (SSSR count). The van der Waals surface area contributed by atoms with Crippen LogP contribution in [0.25, 0.3) is 0 Å². The fourth-order valence-electron chi connectivity index (χ4n) is 3.71. The Balaban J connectivity index is 1.81. The van der Waals surface area contributed by atoms with E-state index < -0.39 is 0 Å². The molecule has 1 fully saturated rings. The third kappa shape index (κ3) is 2.41. The van der Waals surface area contributed by atoms with Crippen LogP contribution in [0.5, 0.6) is 0 Å². The lowest BCUT2D eigenvalue weighted by Crippen LogP contribution is -2.36. The van der Waals surface area contributed by atoms with Crippen molar-refractivity contribution in [3.8, 4) is 0 Å². The smallest absolute Gasteiger partial charge is 0.0334 e. The molecular formula is C16H23NS. The zero-order chi connectivity index (χ0) is 12.4. The van der Waals surface area contributed by atoms with E-state index in [4.69, 9.17) is 0 Å². The molecule has 0 N–H and O–H groups in total. The molecule has 1 atom stereocenters. The summed E-state index contributed by atoms with van der Waals surface area (Å²) in [7, 11) is 0. The average Bonchev–Trinajstić information content (AvgIpc) is 2.87. The van der Waals surface area contributed by atoms with Gasteiger partial charge in [0.05, 0.1) is 0 Å². The van der Waals surface area contributed by atoms with Crippen LogP contribution in [0.4, 0.5) is 0 Å². The lowest BCUT2D eigenvalue weighted by atomic mass is 9.75. The second kappa shape index (κ2) is 5.58. The third-order valence-electron chi connectivity index (χ3n) is 4.61. The van der Waals surface area contributed by atoms with Crippen LogP contribution in [0.1, 0.15) is 48.5 Å². The van der Waals surface area contributed by atoms with E-state index in [2.05, 4.69) is 29.0 Å². The Morgan fingerprint density at radius 2 is 2.17 bits per heavy atom. The number of rotatable bonds is 3. The topological polar surface area (TPSA) is 3.24 Å². The molecule has 1 aliphatic heterocycles. The first kappa shape index (κ1) is 12.4. The molecule has 1 saturated carbocycles. The van der Waals surface area contributed by atoms with Gasteiger partial charge in [0.25, 0.3) is 0 Å². The molecule has 0 saturated heterocycles. The predicted molar refractivity (Wildman–Crippen MR) is 79.1 cm³/mol. The number of hydrogen-bond donors (Lipinski definition) is 0. The summed E-state index contributed by atoms with van der Waals surface area (Å²) in [5.41, 5.74) is 1.67. The minimum atomic E-state index is 0.792. The van der Waals surface area contributed by atoms with Gasteiger partial charge in [-0.1, -0.05) is 25.3 Å². The molecule has 1 unspecified atom stereocenters. The molecule has 0 spiro atoms. The molecule has 2 aliphatic rings. The first-order valence-corrected chi connectivity index (χ1v) is 8.16. The van der Waals surface area contributed by atoms with Gasteiger partial charge in [-0.3, -0.25) is 4.90 Å². The SMILES string of the molecule is C=CCN1Cc2sccc2C(C2CCCCC2)C1. The van der Waals surface area contributed by atoms with Gasteiger partial charge < -0.3 is 0 Å². The first-order valence-electron chi connectivity index (χ1n) is 7.28. The number of hydrogen-bond acceptors (Lipinski definition) is 2. The summed E-state index contributed by atoms with van der Waals surface area (Å²) in [6, 6.07) is 2.39. The molecule has 18 heavy (non-hydrogen) atoms. The second-order valence-electron chi connectivity index (χ2n) is 5.79. The fourth-order valence-corrected chi connectivity index (χ4v) is 4.71. The predicted octanol–water partition coefficient (Wildman–Crippen LogP) is 4.41. The number of thiophene rings is 1. The first-order chi connectivity index (χ1) is 8.88. The van der Waals surface area contributed by atoms with E-state index in [0.717, 1.165) is 24.9 Å². The average molecular weight is 261 g/mol. The lowest BCUT2D eigenvalue weighted by molar-refractivity contribution is 0.197. The zero-order valence-corrected chi connectivity index (χ0v) is 11.9. The van der Waals surface area contributed by atoms with Gasteiger partial charge in [-0.15, -0.1) is 17.9 Å². The zero-order valence-electron chi connectivity index (χ0n) is 11.1. The molecule has 1 nitrogen and oxygen atoms in total. The van der Waals surface area contributed by atoms with Gasteiger partial charge in [0.2, 0.25) is 0 Å². The standard InChI is InChI=1S/C16H23NS/c1-2-9-17-11-15(13-6-4-3-5-7-13)14-8-10-18-16(14)12-17/h2,8,10,13,15H,1,3-7,9,11-12H2. The Kier molecular flexibility index (Phi) is 3.86. The van der Waals surface area contributed by atoms with E-state index in [9.17, 15) is 0 Å². The highest BCUT2D eigenvalue weighted by Crippen LogP contribution is 2.42. The molecule has 98 valence electrons. The molecule has 2 heterocycles. The highest BCUT2D eigenvalue weighted by atomic mass is 32.1. The number of fused-ring (bicyclic) bond motifs is 1. The van der Waals surface area contributed by atoms with Crippen LogP contribution in [0.2, 0.25) is 0 Å². The van der Waals surface area contributed by atoms with E-state index in [1.165, 1.54) is 38.6 Å². The van der Waals surface area contributed by atoms with Gasteiger partial charge in [0.15, 0.2) is 0 Å². The van der Waals surface area contributed by atoms with Crippen molar-refractivity contribution in [3.63, 3.8) is 0 Å². The van der Waals surface area contributed by atoms with Gasteiger partial charge in [-0.2, -0.15) is 0 Å². The summed E-state index contributed by atoms with van der Waals surface area (Å²) in [5, 5.41) is 2.29. The van der Waals surface area contributed by atoms with Crippen molar-refractivity contribution in [1.82, 2.24) is 4.90 Å². The summed E-state index contributed by atoms with van der Waals surface area (Å²) < 4.78 is 0. The molecular weight excluding hydrogens is 238 g/mol. The van der Waals surface area contributed by atoms with Crippen LogP contribution >= 0.6 is 11.3 Å². The second-order valence-corrected chi connectivity index (χ2v) is 6.79. The highest BCUT2D eigenvalue weighted by molar-refractivity contribution is 7.10. The maximum Gasteiger partial charge on any atom is 0.0334 e.